The monoisotopic (exact) mass is 400 g/mol. The molecule has 2 aromatic carbocycles. The van der Waals surface area contributed by atoms with Gasteiger partial charge in [-0.2, -0.15) is 0 Å². The van der Waals surface area contributed by atoms with E-state index in [9.17, 15) is 0 Å². The summed E-state index contributed by atoms with van der Waals surface area (Å²) in [5.41, 5.74) is 0. The topological polar surface area (TPSA) is 36.9 Å². The number of hydrogen-bond donors (Lipinski definition) is 0. The molecule has 3 rings (SSSR count). The maximum absolute atomic E-state index is 5.92. The Labute approximate surface area is 152 Å². The molecule has 1 heterocycles. The second kappa shape index (κ2) is 8.31. The van der Waals surface area contributed by atoms with Crippen LogP contribution in [0.15, 0.2) is 60.7 Å². The average Bonchev–Trinajstić information content (AvgIpc) is 2.64. The molecule has 1 saturated heterocycles. The summed E-state index contributed by atoms with van der Waals surface area (Å²) < 4.78 is 23.7. The molecule has 0 aliphatic carbocycles. The Balaban J connectivity index is 1.74. The maximum atomic E-state index is 5.92. The molecule has 0 N–H and O–H groups in total. The first-order chi connectivity index (χ1) is 11.6. The lowest BCUT2D eigenvalue weighted by Crippen LogP contribution is -2.19. The van der Waals surface area contributed by atoms with Crippen LogP contribution in [-0.4, -0.2) is 26.4 Å². The van der Waals surface area contributed by atoms with Crippen LogP contribution in [0.25, 0.3) is 0 Å². The first-order valence-corrected chi connectivity index (χ1v) is 12.8. The minimum absolute atomic E-state index is 0.320. The normalized spacial score (nSPS) is 29.0. The van der Waals surface area contributed by atoms with Crippen molar-refractivity contribution in [3.63, 3.8) is 0 Å². The van der Waals surface area contributed by atoms with Crippen LogP contribution in [0, 0.1) is 0 Å². The van der Waals surface area contributed by atoms with Crippen molar-refractivity contribution in [2.24, 2.45) is 0 Å². The van der Waals surface area contributed by atoms with Gasteiger partial charge in [-0.15, -0.1) is 0 Å². The van der Waals surface area contributed by atoms with E-state index in [0.717, 1.165) is 10.6 Å². The lowest BCUT2D eigenvalue weighted by atomic mass is 10.4. The van der Waals surface area contributed by atoms with Crippen molar-refractivity contribution in [2.45, 2.75) is 0 Å². The Bertz CT molecular complexity index is 670. The van der Waals surface area contributed by atoms with Gasteiger partial charge >= 0.3 is 0 Å². The number of benzene rings is 2. The first kappa shape index (κ1) is 18.4. The van der Waals surface area contributed by atoms with Gasteiger partial charge in [-0.1, -0.05) is 36.4 Å². The largest absolute Gasteiger partial charge is 0.324 e. The van der Waals surface area contributed by atoms with E-state index in [-0.39, 0.29) is 0 Å². The molecule has 0 amide bonds. The Morgan fingerprint density at radius 2 is 0.833 bits per heavy atom. The number of hydrogen-bond acceptors (Lipinski definition) is 6. The predicted octanol–water partition coefficient (Wildman–Crippen LogP) is 3.34. The van der Waals surface area contributed by atoms with Crippen LogP contribution in [0.4, 0.5) is 0 Å². The van der Waals surface area contributed by atoms with Crippen LogP contribution in [0.2, 0.25) is 0 Å². The minimum atomic E-state index is -2.55. The van der Waals surface area contributed by atoms with Gasteiger partial charge in [0.25, 0.3) is 0 Å². The van der Waals surface area contributed by atoms with E-state index in [4.69, 9.17) is 41.7 Å². The SMILES string of the molecule is S=P1(c2ccccc2)OCCOP(=S)(c2ccccc2)OCCO1. The van der Waals surface area contributed by atoms with Crippen LogP contribution in [0.1, 0.15) is 0 Å². The smallest absolute Gasteiger partial charge is 0.219 e. The Hall–Kier alpha value is -0.420. The molecular weight excluding hydrogens is 382 g/mol. The Morgan fingerprint density at radius 1 is 0.542 bits per heavy atom. The lowest BCUT2D eigenvalue weighted by Gasteiger charge is -2.28. The number of rotatable bonds is 2. The fourth-order valence-corrected chi connectivity index (χ4v) is 6.93. The van der Waals surface area contributed by atoms with Gasteiger partial charge in [0, 0.05) is 10.6 Å². The molecule has 0 atom stereocenters. The molecule has 0 saturated carbocycles. The molecule has 0 aromatic heterocycles. The van der Waals surface area contributed by atoms with E-state index in [0.29, 0.717) is 26.4 Å². The summed E-state index contributed by atoms with van der Waals surface area (Å²) in [6.07, 6.45) is 0. The Kier molecular flexibility index (Phi) is 6.36. The molecule has 128 valence electrons. The van der Waals surface area contributed by atoms with Gasteiger partial charge in [0.1, 0.15) is 0 Å². The summed E-state index contributed by atoms with van der Waals surface area (Å²) in [6.45, 7) is -3.81. The van der Waals surface area contributed by atoms with Crippen LogP contribution in [-0.2, 0) is 41.7 Å². The Morgan fingerprint density at radius 3 is 1.12 bits per heavy atom. The van der Waals surface area contributed by atoms with E-state index >= 15 is 0 Å². The molecule has 1 aliphatic rings. The molecule has 0 radical (unpaired) electrons. The van der Waals surface area contributed by atoms with E-state index < -0.39 is 13.0 Å². The summed E-state index contributed by atoms with van der Waals surface area (Å²) in [6, 6.07) is 19.3. The minimum Gasteiger partial charge on any atom is -0.324 e. The third-order valence-electron chi connectivity index (χ3n) is 3.36. The maximum Gasteiger partial charge on any atom is 0.219 e. The van der Waals surface area contributed by atoms with Gasteiger partial charge in [0.05, 0.1) is 26.4 Å². The molecule has 2 aromatic rings. The van der Waals surface area contributed by atoms with E-state index in [1.807, 2.05) is 60.7 Å². The fourth-order valence-electron chi connectivity index (χ4n) is 2.22. The lowest BCUT2D eigenvalue weighted by molar-refractivity contribution is 0.150. The zero-order chi connectivity index (χ0) is 16.9. The highest BCUT2D eigenvalue weighted by molar-refractivity contribution is 8.13. The zero-order valence-corrected chi connectivity index (χ0v) is 16.4. The average molecular weight is 400 g/mol. The van der Waals surface area contributed by atoms with Crippen LogP contribution in [0.5, 0.6) is 0 Å². The van der Waals surface area contributed by atoms with Crippen molar-refractivity contribution in [1.29, 1.82) is 0 Å². The molecule has 24 heavy (non-hydrogen) atoms. The van der Waals surface area contributed by atoms with Crippen molar-refractivity contribution in [1.82, 2.24) is 0 Å². The van der Waals surface area contributed by atoms with Gasteiger partial charge in [-0.25, -0.2) is 0 Å². The molecule has 4 nitrogen and oxygen atoms in total. The molecular formula is C16H18O4P2S2. The van der Waals surface area contributed by atoms with Gasteiger partial charge in [-0.3, -0.25) is 0 Å². The molecule has 8 heteroatoms. The van der Waals surface area contributed by atoms with Crippen molar-refractivity contribution < 1.29 is 18.1 Å². The van der Waals surface area contributed by atoms with E-state index in [1.54, 1.807) is 0 Å². The van der Waals surface area contributed by atoms with Gasteiger partial charge < -0.3 is 18.1 Å². The highest BCUT2D eigenvalue weighted by atomic mass is 32.5. The second-order valence-corrected chi connectivity index (χ2v) is 11.9. The highest BCUT2D eigenvalue weighted by Gasteiger charge is 2.27. The van der Waals surface area contributed by atoms with Crippen molar-refractivity contribution in [3.05, 3.63) is 60.7 Å². The first-order valence-electron chi connectivity index (χ1n) is 7.52. The summed E-state index contributed by atoms with van der Waals surface area (Å²) >= 11 is 11.3. The predicted molar refractivity (Wildman–Crippen MR) is 105 cm³/mol. The van der Waals surface area contributed by atoms with Gasteiger partial charge in [0.15, 0.2) is 0 Å². The summed E-state index contributed by atoms with van der Waals surface area (Å²) in [4.78, 5) is 0. The molecule has 0 unspecified atom stereocenters. The van der Waals surface area contributed by atoms with E-state index in [1.165, 1.54) is 0 Å². The van der Waals surface area contributed by atoms with Crippen molar-refractivity contribution >= 4 is 47.2 Å². The zero-order valence-electron chi connectivity index (χ0n) is 12.9. The van der Waals surface area contributed by atoms with E-state index in [2.05, 4.69) is 0 Å². The van der Waals surface area contributed by atoms with Gasteiger partial charge in [-0.05, 0) is 47.9 Å². The molecule has 1 aliphatic heterocycles. The molecule has 0 spiro atoms. The van der Waals surface area contributed by atoms with Crippen molar-refractivity contribution in [2.75, 3.05) is 26.4 Å². The quantitative estimate of drug-likeness (QED) is 0.720. The van der Waals surface area contributed by atoms with Crippen LogP contribution in [0.3, 0.4) is 0 Å². The third kappa shape index (κ3) is 4.40. The molecule has 1 fully saturated rings. The fraction of sp³-hybridized carbons (Fsp3) is 0.250. The standard InChI is InChI=1S/C16H18O4P2S2/c23-21(15-7-3-1-4-8-15)17-11-13-19-22(24,20-14-12-18-21)16-9-5-2-6-10-16/h1-10H,11-14H2. The van der Waals surface area contributed by atoms with Gasteiger partial charge in [0.2, 0.25) is 13.0 Å². The van der Waals surface area contributed by atoms with Crippen molar-refractivity contribution in [3.8, 4) is 0 Å². The highest BCUT2D eigenvalue weighted by Crippen LogP contribution is 2.51. The summed E-state index contributed by atoms with van der Waals surface area (Å²) in [7, 11) is 0. The second-order valence-electron chi connectivity index (χ2n) is 5.00. The third-order valence-corrected chi connectivity index (χ3v) is 9.84. The molecule has 0 bridgehead atoms. The summed E-state index contributed by atoms with van der Waals surface area (Å²) in [5.74, 6) is 0. The van der Waals surface area contributed by atoms with Crippen LogP contribution >= 0.6 is 13.0 Å². The summed E-state index contributed by atoms with van der Waals surface area (Å²) in [5, 5.41) is 1.78. The van der Waals surface area contributed by atoms with Crippen LogP contribution < -0.4 is 10.6 Å².